The normalized spacial score (nSPS) is 12.8. The summed E-state index contributed by atoms with van der Waals surface area (Å²) in [6, 6.07) is 7.82. The Morgan fingerprint density at radius 1 is 1.27 bits per heavy atom. The smallest absolute Gasteiger partial charge is 0.410 e. The van der Waals surface area contributed by atoms with Crippen LogP contribution in [0.15, 0.2) is 30.3 Å². The van der Waals surface area contributed by atoms with Crippen molar-refractivity contribution in [2.75, 3.05) is 6.54 Å². The quantitative estimate of drug-likeness (QED) is 0.836. The summed E-state index contributed by atoms with van der Waals surface area (Å²) in [6.45, 7) is 6.98. The molecule has 0 heterocycles. The predicted octanol–water partition coefficient (Wildman–Crippen LogP) is 4.19. The molecule has 0 aliphatic carbocycles. The minimum atomic E-state index is -0.741. The van der Waals surface area contributed by atoms with E-state index in [4.69, 9.17) is 4.74 Å². The summed E-state index contributed by atoms with van der Waals surface area (Å²) in [5.74, 6) is -0.560. The molecule has 0 saturated carbocycles. The van der Waals surface area contributed by atoms with E-state index in [1.165, 1.54) is 11.0 Å². The van der Waals surface area contributed by atoms with E-state index in [9.17, 15) is 19.4 Å². The van der Waals surface area contributed by atoms with Crippen molar-refractivity contribution in [1.29, 1.82) is 0 Å². The Morgan fingerprint density at radius 2 is 1.88 bits per heavy atom. The van der Waals surface area contributed by atoms with Crippen LogP contribution in [-0.2, 0) is 11.3 Å². The molecule has 142 valence electrons. The highest BCUT2D eigenvalue weighted by atomic mass is 19.1. The van der Waals surface area contributed by atoms with Gasteiger partial charge in [-0.15, -0.1) is 0 Å². The molecule has 2 aromatic carbocycles. The highest BCUT2D eigenvalue weighted by molar-refractivity contribution is 5.89. The number of fused-ring (bicyclic) bond motifs is 1. The molecule has 2 rings (SSSR count). The second-order valence-corrected chi connectivity index (χ2v) is 7.33. The topological polar surface area (TPSA) is 70.0 Å². The number of amides is 1. The van der Waals surface area contributed by atoms with Gasteiger partial charge >= 0.3 is 6.09 Å². The monoisotopic (exact) mass is 363 g/mol. The predicted molar refractivity (Wildman–Crippen MR) is 98.5 cm³/mol. The van der Waals surface area contributed by atoms with Gasteiger partial charge in [-0.1, -0.05) is 31.2 Å². The third-order valence-corrected chi connectivity index (χ3v) is 3.96. The second kappa shape index (κ2) is 7.91. The fraction of sp³-hybridized carbons (Fsp3) is 0.450. The van der Waals surface area contributed by atoms with Crippen LogP contribution in [0.5, 0.6) is 5.75 Å². The number of ether oxygens (including phenoxy) is 1. The van der Waals surface area contributed by atoms with Crippen LogP contribution in [-0.4, -0.2) is 39.5 Å². The van der Waals surface area contributed by atoms with Gasteiger partial charge in [-0.25, -0.2) is 9.18 Å². The number of aromatic hydroxyl groups is 1. The molecule has 5 nitrogen and oxygen atoms in total. The molecule has 1 amide bonds. The van der Waals surface area contributed by atoms with E-state index >= 15 is 0 Å². The summed E-state index contributed by atoms with van der Waals surface area (Å²) in [5, 5.41) is 21.2. The Balaban J connectivity index is 2.37. The molecular weight excluding hydrogens is 337 g/mol. The van der Waals surface area contributed by atoms with Crippen LogP contribution in [0.2, 0.25) is 0 Å². The minimum Gasteiger partial charge on any atom is -0.507 e. The molecule has 0 bridgehead atoms. The zero-order valence-corrected chi connectivity index (χ0v) is 15.6. The highest BCUT2D eigenvalue weighted by Crippen LogP contribution is 2.32. The van der Waals surface area contributed by atoms with E-state index in [1.54, 1.807) is 52.0 Å². The number of hydrogen-bond acceptors (Lipinski definition) is 4. The zero-order chi connectivity index (χ0) is 19.5. The van der Waals surface area contributed by atoms with Crippen LogP contribution in [0.1, 0.15) is 39.7 Å². The molecule has 0 aliphatic heterocycles. The van der Waals surface area contributed by atoms with Crippen molar-refractivity contribution < 1.29 is 24.1 Å². The number of aliphatic hydroxyl groups is 1. The van der Waals surface area contributed by atoms with Crippen LogP contribution in [0.25, 0.3) is 10.8 Å². The lowest BCUT2D eigenvalue weighted by molar-refractivity contribution is 0.0122. The highest BCUT2D eigenvalue weighted by Gasteiger charge is 2.25. The van der Waals surface area contributed by atoms with Gasteiger partial charge in [0.05, 0.1) is 19.2 Å². The van der Waals surface area contributed by atoms with Gasteiger partial charge in [0, 0.05) is 16.3 Å². The Hall–Kier alpha value is -2.34. The molecule has 0 radical (unpaired) electrons. The fourth-order valence-corrected chi connectivity index (χ4v) is 2.61. The van der Waals surface area contributed by atoms with Crippen molar-refractivity contribution in [2.45, 2.75) is 52.4 Å². The van der Waals surface area contributed by atoms with Gasteiger partial charge in [-0.3, -0.25) is 0 Å². The lowest BCUT2D eigenvalue weighted by Gasteiger charge is -2.29. The van der Waals surface area contributed by atoms with E-state index in [0.717, 1.165) is 0 Å². The third kappa shape index (κ3) is 4.85. The van der Waals surface area contributed by atoms with Crippen molar-refractivity contribution in [3.8, 4) is 5.75 Å². The molecule has 0 unspecified atom stereocenters. The Kier molecular flexibility index (Phi) is 6.08. The number of benzene rings is 2. The summed E-state index contributed by atoms with van der Waals surface area (Å²) < 4.78 is 19.8. The number of aliphatic hydroxyl groups excluding tert-OH is 1. The van der Waals surface area contributed by atoms with Gasteiger partial charge in [0.2, 0.25) is 0 Å². The molecule has 0 aliphatic rings. The number of halogens is 1. The van der Waals surface area contributed by atoms with Crippen molar-refractivity contribution in [3.63, 3.8) is 0 Å². The molecule has 1 atom stereocenters. The number of phenolic OH excluding ortho intramolecular Hbond substituents is 1. The van der Waals surface area contributed by atoms with Gasteiger partial charge in [-0.05, 0) is 33.3 Å². The van der Waals surface area contributed by atoms with Crippen molar-refractivity contribution in [1.82, 2.24) is 4.90 Å². The number of carbonyl (C=O) groups is 1. The molecule has 2 N–H and O–H groups in total. The van der Waals surface area contributed by atoms with Gasteiger partial charge in [0.15, 0.2) is 0 Å². The van der Waals surface area contributed by atoms with Crippen LogP contribution in [0, 0.1) is 5.82 Å². The second-order valence-electron chi connectivity index (χ2n) is 7.33. The fourth-order valence-electron chi connectivity index (χ4n) is 2.61. The first-order valence-electron chi connectivity index (χ1n) is 8.67. The molecule has 0 fully saturated rings. The standard InChI is InChI=1S/C20H26FNO4/c1-5-14(23)12-22(19(25)26-20(2,3)4)11-13-10-17(21)15-8-6-7-9-16(15)18(13)24/h6-10,14,23-24H,5,11-12H2,1-4H3/t14-/m0/s1. The average molecular weight is 363 g/mol. The van der Waals surface area contributed by atoms with E-state index in [1.807, 2.05) is 0 Å². The Labute approximate surface area is 153 Å². The largest absolute Gasteiger partial charge is 0.507 e. The average Bonchev–Trinajstić information content (AvgIpc) is 2.57. The number of hydrogen-bond donors (Lipinski definition) is 2. The summed E-state index contributed by atoms with van der Waals surface area (Å²) >= 11 is 0. The molecule has 0 saturated heterocycles. The summed E-state index contributed by atoms with van der Waals surface area (Å²) in [7, 11) is 0. The zero-order valence-electron chi connectivity index (χ0n) is 15.6. The van der Waals surface area contributed by atoms with Crippen molar-refractivity contribution in [2.24, 2.45) is 0 Å². The summed E-state index contributed by atoms with van der Waals surface area (Å²) in [6.07, 6.45) is -0.912. The summed E-state index contributed by atoms with van der Waals surface area (Å²) in [5.41, 5.74) is -0.446. The number of phenols is 1. The third-order valence-electron chi connectivity index (χ3n) is 3.96. The van der Waals surface area contributed by atoms with Gasteiger partial charge in [0.1, 0.15) is 17.2 Å². The lowest BCUT2D eigenvalue weighted by atomic mass is 10.0. The van der Waals surface area contributed by atoms with Gasteiger partial charge in [-0.2, -0.15) is 0 Å². The van der Waals surface area contributed by atoms with Crippen LogP contribution < -0.4 is 0 Å². The first-order valence-corrected chi connectivity index (χ1v) is 8.67. The molecule has 0 aromatic heterocycles. The number of rotatable bonds is 5. The van der Waals surface area contributed by atoms with Crippen molar-refractivity contribution in [3.05, 3.63) is 41.7 Å². The molecule has 0 spiro atoms. The maximum absolute atomic E-state index is 14.4. The molecule has 2 aromatic rings. The molecule has 26 heavy (non-hydrogen) atoms. The molecular formula is C20H26FNO4. The van der Waals surface area contributed by atoms with E-state index in [2.05, 4.69) is 0 Å². The van der Waals surface area contributed by atoms with E-state index in [0.29, 0.717) is 17.2 Å². The van der Waals surface area contributed by atoms with Gasteiger partial charge in [0.25, 0.3) is 0 Å². The first kappa shape index (κ1) is 20.0. The Morgan fingerprint density at radius 3 is 2.46 bits per heavy atom. The van der Waals surface area contributed by atoms with Crippen LogP contribution >= 0.6 is 0 Å². The number of nitrogens with zero attached hydrogens (tertiary/aromatic N) is 1. The first-order chi connectivity index (χ1) is 12.1. The lowest BCUT2D eigenvalue weighted by Crippen LogP contribution is -2.40. The van der Waals surface area contributed by atoms with E-state index in [-0.39, 0.29) is 24.4 Å². The van der Waals surface area contributed by atoms with Gasteiger partial charge < -0.3 is 19.8 Å². The van der Waals surface area contributed by atoms with Crippen LogP contribution in [0.4, 0.5) is 9.18 Å². The van der Waals surface area contributed by atoms with E-state index < -0.39 is 23.6 Å². The minimum absolute atomic E-state index is 0.0271. The summed E-state index contributed by atoms with van der Waals surface area (Å²) in [4.78, 5) is 13.8. The Bertz CT molecular complexity index is 785. The van der Waals surface area contributed by atoms with Crippen LogP contribution in [0.3, 0.4) is 0 Å². The SMILES string of the molecule is CC[C@H](O)CN(Cc1cc(F)c2ccccc2c1O)C(=O)OC(C)(C)C. The maximum atomic E-state index is 14.4. The maximum Gasteiger partial charge on any atom is 0.410 e. The van der Waals surface area contributed by atoms with Crippen molar-refractivity contribution >= 4 is 16.9 Å². The number of carbonyl (C=O) groups excluding carboxylic acids is 1. The molecule has 6 heteroatoms.